The van der Waals surface area contributed by atoms with Gasteiger partial charge < -0.3 is 5.11 Å². The number of imide groups is 1. The highest BCUT2D eigenvalue weighted by atomic mass is 16.4. The van der Waals surface area contributed by atoms with E-state index in [1.54, 1.807) is 0 Å². The summed E-state index contributed by atoms with van der Waals surface area (Å²) in [5, 5.41) is 8.67. The molecule has 0 fully saturated rings. The Bertz CT molecular complexity index is 841. The van der Waals surface area contributed by atoms with Crippen LogP contribution in [0.5, 0.6) is 0 Å². The van der Waals surface area contributed by atoms with E-state index in [4.69, 9.17) is 5.11 Å². The number of aliphatic carboxylic acids is 1. The Morgan fingerprint density at radius 3 is 1.62 bits per heavy atom. The van der Waals surface area contributed by atoms with E-state index in [2.05, 4.69) is 0 Å². The molecule has 0 unspecified atom stereocenters. The maximum atomic E-state index is 13.1. The molecule has 0 saturated carbocycles. The largest absolute Gasteiger partial charge is 0.481 e. The van der Waals surface area contributed by atoms with Crippen LogP contribution in [0, 0.1) is 0 Å². The van der Waals surface area contributed by atoms with Gasteiger partial charge in [-0.05, 0) is 24.0 Å². The molecule has 0 atom stereocenters. The smallest absolute Gasteiger partial charge is 0.303 e. The standard InChI is InChI=1S/C24H25NO4/c26-20(27)16-10-2-1-3-11-17-25-23(28)21(18-12-6-4-7-13-18)22(24(25)29)19-14-8-5-9-15-19/h4-9,12-15H,1-3,10-11,16-17H2,(H,26,27). The van der Waals surface area contributed by atoms with Gasteiger partial charge >= 0.3 is 5.97 Å². The van der Waals surface area contributed by atoms with E-state index in [1.807, 2.05) is 60.7 Å². The predicted molar refractivity (Wildman–Crippen MR) is 112 cm³/mol. The fraction of sp³-hybridized carbons (Fsp3) is 0.292. The van der Waals surface area contributed by atoms with Gasteiger partial charge in [-0.1, -0.05) is 79.9 Å². The molecule has 0 radical (unpaired) electrons. The molecule has 29 heavy (non-hydrogen) atoms. The van der Waals surface area contributed by atoms with Crippen molar-refractivity contribution >= 4 is 28.9 Å². The average Bonchev–Trinajstić information content (AvgIpc) is 2.98. The summed E-state index contributed by atoms with van der Waals surface area (Å²) in [6, 6.07) is 18.6. The van der Waals surface area contributed by atoms with E-state index in [0.29, 0.717) is 30.5 Å². The van der Waals surface area contributed by atoms with Gasteiger partial charge in [-0.15, -0.1) is 0 Å². The van der Waals surface area contributed by atoms with Crippen molar-refractivity contribution in [3.05, 3.63) is 71.8 Å². The van der Waals surface area contributed by atoms with Crippen molar-refractivity contribution in [2.45, 2.75) is 38.5 Å². The van der Waals surface area contributed by atoms with Crippen LogP contribution in [0.2, 0.25) is 0 Å². The summed E-state index contributed by atoms with van der Waals surface area (Å²) >= 11 is 0. The molecule has 5 heteroatoms. The second kappa shape index (κ2) is 9.82. The van der Waals surface area contributed by atoms with E-state index in [-0.39, 0.29) is 18.2 Å². The minimum atomic E-state index is -0.772. The molecule has 1 N–H and O–H groups in total. The first-order valence-corrected chi connectivity index (χ1v) is 10.0. The summed E-state index contributed by atoms with van der Waals surface area (Å²) in [4.78, 5) is 38.1. The molecule has 3 rings (SSSR count). The van der Waals surface area contributed by atoms with Crippen molar-refractivity contribution in [2.24, 2.45) is 0 Å². The van der Waals surface area contributed by atoms with Gasteiger partial charge in [0.1, 0.15) is 0 Å². The van der Waals surface area contributed by atoms with E-state index in [9.17, 15) is 14.4 Å². The number of carbonyl (C=O) groups is 3. The van der Waals surface area contributed by atoms with Crippen molar-refractivity contribution in [1.82, 2.24) is 4.90 Å². The average molecular weight is 391 g/mol. The second-order valence-corrected chi connectivity index (χ2v) is 7.16. The number of carboxylic acid groups (broad SMARTS) is 1. The third kappa shape index (κ3) is 4.99. The lowest BCUT2D eigenvalue weighted by molar-refractivity contribution is -0.138. The molecule has 2 aromatic carbocycles. The molecule has 1 aliphatic rings. The summed E-state index contributed by atoms with van der Waals surface area (Å²) in [7, 11) is 0. The van der Waals surface area contributed by atoms with Crippen LogP contribution in [0.1, 0.15) is 49.7 Å². The number of benzene rings is 2. The molecule has 0 aliphatic carbocycles. The molecule has 0 saturated heterocycles. The fourth-order valence-electron chi connectivity index (χ4n) is 3.60. The number of carbonyl (C=O) groups excluding carboxylic acids is 2. The van der Waals surface area contributed by atoms with Crippen LogP contribution in [0.3, 0.4) is 0 Å². The molecule has 150 valence electrons. The van der Waals surface area contributed by atoms with E-state index in [0.717, 1.165) is 30.4 Å². The maximum Gasteiger partial charge on any atom is 0.303 e. The highest BCUT2D eigenvalue weighted by molar-refractivity contribution is 6.48. The second-order valence-electron chi connectivity index (χ2n) is 7.16. The summed E-state index contributed by atoms with van der Waals surface area (Å²) in [6.45, 7) is 0.378. The van der Waals surface area contributed by atoms with Gasteiger partial charge in [0, 0.05) is 13.0 Å². The molecule has 0 aromatic heterocycles. The molecule has 0 bridgehead atoms. The molecular formula is C24H25NO4. The van der Waals surface area contributed by atoms with Gasteiger partial charge in [0.25, 0.3) is 11.8 Å². The predicted octanol–water partition coefficient (Wildman–Crippen LogP) is 4.39. The van der Waals surface area contributed by atoms with E-state index >= 15 is 0 Å². The van der Waals surface area contributed by atoms with Crippen molar-refractivity contribution in [3.8, 4) is 0 Å². The Kier molecular flexibility index (Phi) is 6.95. The van der Waals surface area contributed by atoms with Crippen molar-refractivity contribution in [3.63, 3.8) is 0 Å². The molecule has 5 nitrogen and oxygen atoms in total. The lowest BCUT2D eigenvalue weighted by Crippen LogP contribution is -2.32. The fourth-order valence-corrected chi connectivity index (χ4v) is 3.60. The minimum Gasteiger partial charge on any atom is -0.481 e. The van der Waals surface area contributed by atoms with Gasteiger partial charge in [0.05, 0.1) is 11.1 Å². The van der Waals surface area contributed by atoms with Crippen LogP contribution in [-0.4, -0.2) is 34.3 Å². The Balaban J connectivity index is 1.71. The van der Waals surface area contributed by atoms with Gasteiger partial charge in [0.2, 0.25) is 0 Å². The monoisotopic (exact) mass is 391 g/mol. The Morgan fingerprint density at radius 2 is 1.14 bits per heavy atom. The zero-order chi connectivity index (χ0) is 20.6. The van der Waals surface area contributed by atoms with Crippen LogP contribution < -0.4 is 0 Å². The number of amides is 2. The Hall–Kier alpha value is -3.21. The van der Waals surface area contributed by atoms with Crippen LogP contribution in [0.25, 0.3) is 11.1 Å². The van der Waals surface area contributed by atoms with Crippen LogP contribution >= 0.6 is 0 Å². The third-order valence-corrected chi connectivity index (χ3v) is 5.07. The zero-order valence-corrected chi connectivity index (χ0v) is 16.3. The molecule has 1 heterocycles. The van der Waals surface area contributed by atoms with Crippen LogP contribution in [0.15, 0.2) is 60.7 Å². The van der Waals surface area contributed by atoms with Crippen molar-refractivity contribution in [1.29, 1.82) is 0 Å². The summed E-state index contributed by atoms with van der Waals surface area (Å²) in [5.74, 6) is -1.26. The summed E-state index contributed by atoms with van der Waals surface area (Å²) < 4.78 is 0. The van der Waals surface area contributed by atoms with Gasteiger partial charge in [-0.2, -0.15) is 0 Å². The first-order chi connectivity index (χ1) is 14.1. The number of unbranched alkanes of at least 4 members (excludes halogenated alkanes) is 4. The highest BCUT2D eigenvalue weighted by Gasteiger charge is 2.38. The number of carboxylic acids is 1. The Morgan fingerprint density at radius 1 is 0.690 bits per heavy atom. The normalized spacial score (nSPS) is 14.0. The summed E-state index contributed by atoms with van der Waals surface area (Å²) in [6.07, 6.45) is 4.17. The number of hydrogen-bond donors (Lipinski definition) is 1. The van der Waals surface area contributed by atoms with Gasteiger partial charge in [0.15, 0.2) is 0 Å². The van der Waals surface area contributed by atoms with E-state index < -0.39 is 5.97 Å². The van der Waals surface area contributed by atoms with Crippen LogP contribution in [-0.2, 0) is 14.4 Å². The first kappa shape index (κ1) is 20.5. The zero-order valence-electron chi connectivity index (χ0n) is 16.3. The minimum absolute atomic E-state index is 0.188. The topological polar surface area (TPSA) is 74.7 Å². The Labute approximate surface area is 170 Å². The van der Waals surface area contributed by atoms with Crippen LogP contribution in [0.4, 0.5) is 0 Å². The third-order valence-electron chi connectivity index (χ3n) is 5.07. The maximum absolute atomic E-state index is 13.1. The molecule has 1 aliphatic heterocycles. The SMILES string of the molecule is O=C(O)CCCCCCCN1C(=O)C(c2ccccc2)=C(c2ccccc2)C1=O. The lowest BCUT2D eigenvalue weighted by Gasteiger charge is -2.15. The molecule has 2 amide bonds. The lowest BCUT2D eigenvalue weighted by atomic mass is 9.96. The molecule has 0 spiro atoms. The number of nitrogens with zero attached hydrogens (tertiary/aromatic N) is 1. The number of hydrogen-bond acceptors (Lipinski definition) is 3. The number of rotatable bonds is 10. The first-order valence-electron chi connectivity index (χ1n) is 10.0. The molecular weight excluding hydrogens is 366 g/mol. The summed E-state index contributed by atoms with van der Waals surface area (Å²) in [5.41, 5.74) is 2.42. The van der Waals surface area contributed by atoms with Crippen molar-refractivity contribution in [2.75, 3.05) is 6.54 Å². The molecule has 2 aromatic rings. The van der Waals surface area contributed by atoms with Crippen molar-refractivity contribution < 1.29 is 19.5 Å². The highest BCUT2D eigenvalue weighted by Crippen LogP contribution is 2.35. The van der Waals surface area contributed by atoms with Gasteiger partial charge in [-0.3, -0.25) is 19.3 Å². The van der Waals surface area contributed by atoms with E-state index in [1.165, 1.54) is 4.90 Å². The quantitative estimate of drug-likeness (QED) is 0.481. The van der Waals surface area contributed by atoms with Gasteiger partial charge in [-0.25, -0.2) is 0 Å².